The maximum Gasteiger partial charge on any atom is 0.337 e. The summed E-state index contributed by atoms with van der Waals surface area (Å²) in [6, 6.07) is 11.4. The molecule has 194 valence electrons. The molecule has 0 radical (unpaired) electrons. The van der Waals surface area contributed by atoms with Gasteiger partial charge >= 0.3 is 5.97 Å². The molecule has 2 aromatic carbocycles. The van der Waals surface area contributed by atoms with E-state index in [4.69, 9.17) is 9.15 Å². The summed E-state index contributed by atoms with van der Waals surface area (Å²) in [6.45, 7) is 1.16. The quantitative estimate of drug-likeness (QED) is 0.316. The van der Waals surface area contributed by atoms with Crippen LogP contribution < -0.4 is 20.8 Å². The number of carbonyl (C=O) groups is 3. The van der Waals surface area contributed by atoms with Crippen LogP contribution in [0.2, 0.25) is 0 Å². The molecule has 11 heteroatoms. The van der Waals surface area contributed by atoms with E-state index in [1.54, 1.807) is 0 Å². The highest BCUT2D eigenvalue weighted by Crippen LogP contribution is 2.37. The lowest BCUT2D eigenvalue weighted by molar-refractivity contribution is -0.124. The van der Waals surface area contributed by atoms with Crippen LogP contribution in [0.25, 0.3) is 0 Å². The number of aromatic hydroxyl groups is 2. The van der Waals surface area contributed by atoms with Crippen molar-refractivity contribution in [1.29, 1.82) is 0 Å². The molecule has 3 rings (SSSR count). The van der Waals surface area contributed by atoms with Gasteiger partial charge in [-0.1, -0.05) is 6.07 Å². The number of methoxy groups -OCH3 is 2. The number of benzene rings is 2. The number of phenolic OH excluding ortho intramolecular Hbond substituents is 1. The molecular weight excluding hydrogens is 484 g/mol. The zero-order chi connectivity index (χ0) is 27.1. The molecule has 2 amide bonds. The summed E-state index contributed by atoms with van der Waals surface area (Å²) >= 11 is 0. The van der Waals surface area contributed by atoms with Gasteiger partial charge in [-0.15, -0.1) is 0 Å². The van der Waals surface area contributed by atoms with Gasteiger partial charge in [0.05, 0.1) is 32.2 Å². The summed E-state index contributed by atoms with van der Waals surface area (Å²) < 4.78 is 15.4. The van der Waals surface area contributed by atoms with Crippen LogP contribution >= 0.6 is 0 Å². The van der Waals surface area contributed by atoms with Crippen LogP contribution in [-0.2, 0) is 14.3 Å². The van der Waals surface area contributed by atoms with Crippen LogP contribution in [0.3, 0.4) is 0 Å². The molecule has 0 aliphatic carbocycles. The first kappa shape index (κ1) is 26.8. The molecule has 4 N–H and O–H groups in total. The largest absolute Gasteiger partial charge is 0.504 e. The van der Waals surface area contributed by atoms with Crippen molar-refractivity contribution >= 4 is 23.5 Å². The molecule has 3 aromatic rings. The summed E-state index contributed by atoms with van der Waals surface area (Å²) in [7, 11) is 2.61. The van der Waals surface area contributed by atoms with Crippen LogP contribution in [0.1, 0.15) is 39.8 Å². The van der Waals surface area contributed by atoms with E-state index in [0.717, 1.165) is 6.07 Å². The number of phenols is 1. The predicted octanol–water partition coefficient (Wildman–Crippen LogP) is 2.43. The molecular formula is C26H26N2O9. The van der Waals surface area contributed by atoms with E-state index >= 15 is 0 Å². The monoisotopic (exact) mass is 510 g/mol. The molecule has 1 aromatic heterocycles. The van der Waals surface area contributed by atoms with E-state index in [0.29, 0.717) is 16.8 Å². The summed E-state index contributed by atoms with van der Waals surface area (Å²) in [5.41, 5.74) is 0.473. The number of hydrogen-bond donors (Lipinski definition) is 4. The molecule has 0 aliphatic rings. The molecule has 0 aliphatic heterocycles. The fraction of sp³-hybridized carbons (Fsp3) is 0.231. The lowest BCUT2D eigenvalue weighted by Crippen LogP contribution is -2.33. The number of anilines is 1. The average Bonchev–Trinajstić information content (AvgIpc) is 2.88. The fourth-order valence-corrected chi connectivity index (χ4v) is 3.58. The van der Waals surface area contributed by atoms with Gasteiger partial charge in [-0.3, -0.25) is 14.4 Å². The van der Waals surface area contributed by atoms with Gasteiger partial charge in [-0.2, -0.15) is 0 Å². The molecule has 0 saturated heterocycles. The fourth-order valence-electron chi connectivity index (χ4n) is 3.58. The highest BCUT2D eigenvalue weighted by Gasteiger charge is 2.27. The van der Waals surface area contributed by atoms with Gasteiger partial charge in [0.1, 0.15) is 5.76 Å². The number of ether oxygens (including phenoxy) is 2. The standard InChI is InChI=1S/C26H26N2O9/c1-14-10-20(30)24(33)25(37-14)18(16-6-9-19(29)21(11-16)35-2)12-22(31)27-13-23(32)28-17-7-4-15(5-8-17)26(34)36-3/h4-11,18,29,33H,12-13H2,1-3H3,(H,27,31)(H,28,32)/t18-/m1/s1. The van der Waals surface area contributed by atoms with E-state index in [2.05, 4.69) is 15.4 Å². The third-order valence-electron chi connectivity index (χ3n) is 5.42. The Morgan fingerprint density at radius 2 is 1.70 bits per heavy atom. The third-order valence-corrected chi connectivity index (χ3v) is 5.42. The minimum Gasteiger partial charge on any atom is -0.504 e. The van der Waals surface area contributed by atoms with Crippen molar-refractivity contribution in [3.05, 3.63) is 81.4 Å². The minimum absolute atomic E-state index is 0.120. The first-order valence-electron chi connectivity index (χ1n) is 11.1. The van der Waals surface area contributed by atoms with Gasteiger partial charge in [0.2, 0.25) is 23.0 Å². The maximum absolute atomic E-state index is 12.8. The van der Waals surface area contributed by atoms with Crippen molar-refractivity contribution in [3.63, 3.8) is 0 Å². The molecule has 0 bridgehead atoms. The summed E-state index contributed by atoms with van der Waals surface area (Å²) in [5.74, 6) is -3.12. The molecule has 0 fully saturated rings. The Kier molecular flexibility index (Phi) is 8.51. The number of amides is 2. The van der Waals surface area contributed by atoms with E-state index in [1.807, 2.05) is 0 Å². The van der Waals surface area contributed by atoms with Crippen molar-refractivity contribution in [1.82, 2.24) is 5.32 Å². The van der Waals surface area contributed by atoms with Crippen molar-refractivity contribution in [2.24, 2.45) is 0 Å². The van der Waals surface area contributed by atoms with Crippen molar-refractivity contribution in [2.45, 2.75) is 19.3 Å². The molecule has 0 unspecified atom stereocenters. The van der Waals surface area contributed by atoms with Gasteiger partial charge in [0, 0.05) is 18.2 Å². The van der Waals surface area contributed by atoms with Crippen LogP contribution in [0.5, 0.6) is 17.2 Å². The molecule has 0 saturated carbocycles. The van der Waals surface area contributed by atoms with Crippen molar-refractivity contribution in [2.75, 3.05) is 26.1 Å². The van der Waals surface area contributed by atoms with E-state index in [9.17, 15) is 29.4 Å². The molecule has 11 nitrogen and oxygen atoms in total. The lowest BCUT2D eigenvalue weighted by Gasteiger charge is -2.19. The van der Waals surface area contributed by atoms with Gasteiger partial charge in [0.25, 0.3) is 0 Å². The van der Waals surface area contributed by atoms with Crippen molar-refractivity contribution < 1.29 is 38.5 Å². The van der Waals surface area contributed by atoms with Crippen molar-refractivity contribution in [3.8, 4) is 17.2 Å². The Morgan fingerprint density at radius 1 is 1.00 bits per heavy atom. The number of rotatable bonds is 9. The Balaban J connectivity index is 1.75. The highest BCUT2D eigenvalue weighted by atomic mass is 16.5. The highest BCUT2D eigenvalue weighted by molar-refractivity contribution is 5.95. The maximum atomic E-state index is 12.8. The zero-order valence-electron chi connectivity index (χ0n) is 20.4. The first-order chi connectivity index (χ1) is 17.6. The average molecular weight is 510 g/mol. The van der Waals surface area contributed by atoms with Gasteiger partial charge in [0.15, 0.2) is 17.3 Å². The number of aryl methyl sites for hydroxylation is 1. The number of esters is 1. The van der Waals surface area contributed by atoms with E-state index < -0.39 is 34.9 Å². The first-order valence-corrected chi connectivity index (χ1v) is 11.1. The summed E-state index contributed by atoms with van der Waals surface area (Å²) in [4.78, 5) is 48.8. The molecule has 1 heterocycles. The van der Waals surface area contributed by atoms with E-state index in [1.165, 1.54) is 63.6 Å². The Morgan fingerprint density at radius 3 is 2.35 bits per heavy atom. The Hall–Kier alpha value is -4.80. The Labute approximate surface area is 211 Å². The topological polar surface area (TPSA) is 164 Å². The number of hydrogen-bond acceptors (Lipinski definition) is 9. The van der Waals surface area contributed by atoms with Gasteiger partial charge < -0.3 is 34.7 Å². The predicted molar refractivity (Wildman–Crippen MR) is 132 cm³/mol. The molecule has 1 atom stereocenters. The minimum atomic E-state index is -0.934. The lowest BCUT2D eigenvalue weighted by atomic mass is 9.91. The number of nitrogens with one attached hydrogen (secondary N) is 2. The van der Waals surface area contributed by atoms with Crippen LogP contribution in [0.15, 0.2) is 57.7 Å². The van der Waals surface area contributed by atoms with Gasteiger partial charge in [-0.25, -0.2) is 4.79 Å². The second-order valence-electron chi connectivity index (χ2n) is 8.02. The summed E-state index contributed by atoms with van der Waals surface area (Å²) in [5, 5.41) is 25.4. The van der Waals surface area contributed by atoms with Crippen LogP contribution in [0, 0.1) is 6.92 Å². The molecule has 37 heavy (non-hydrogen) atoms. The zero-order valence-corrected chi connectivity index (χ0v) is 20.4. The second-order valence-corrected chi connectivity index (χ2v) is 8.02. The number of carbonyl (C=O) groups excluding carboxylic acids is 3. The van der Waals surface area contributed by atoms with Crippen LogP contribution in [0.4, 0.5) is 5.69 Å². The summed E-state index contributed by atoms with van der Waals surface area (Å²) in [6.07, 6.45) is -0.297. The Bertz CT molecular complexity index is 1360. The van der Waals surface area contributed by atoms with Crippen LogP contribution in [-0.4, -0.2) is 48.8 Å². The normalized spacial score (nSPS) is 11.3. The smallest absolute Gasteiger partial charge is 0.337 e. The van der Waals surface area contributed by atoms with Gasteiger partial charge in [-0.05, 0) is 48.9 Å². The molecule has 0 spiro atoms. The second kappa shape index (κ2) is 11.8. The van der Waals surface area contributed by atoms with E-state index in [-0.39, 0.29) is 36.0 Å². The SMILES string of the molecule is COC(=O)c1ccc(NC(=O)CNC(=O)C[C@H](c2ccc(O)c(OC)c2)c2oc(C)cc(=O)c2O)cc1. The third kappa shape index (κ3) is 6.66.